The quantitative estimate of drug-likeness (QED) is 0.544. The Labute approximate surface area is 166 Å². The molecule has 3 aromatic heterocycles. The first kappa shape index (κ1) is 17.1. The second-order valence-corrected chi connectivity index (χ2v) is 7.33. The number of benzene rings is 1. The van der Waals surface area contributed by atoms with Crippen molar-refractivity contribution in [3.8, 4) is 0 Å². The molecule has 5 rings (SSSR count). The molecule has 2 N–H and O–H groups in total. The highest BCUT2D eigenvalue weighted by molar-refractivity contribution is 6.36. The molecule has 1 aliphatic heterocycles. The number of aromatic nitrogens is 6. The predicted octanol–water partition coefficient (Wildman–Crippen LogP) is 3.72. The SMILES string of the molecule is C[C@H](Nc1ncnc2[nH]cnc12)c1nc(N2CCCC2)c2c(Cl)cccc2n1. The molecule has 0 radical (unpaired) electrons. The molecule has 0 unspecified atom stereocenters. The molecule has 0 aliphatic carbocycles. The zero-order valence-electron chi connectivity index (χ0n) is 15.4. The number of H-pyrrole nitrogens is 1. The maximum Gasteiger partial charge on any atom is 0.162 e. The number of nitrogens with one attached hydrogen (secondary N) is 2. The zero-order valence-corrected chi connectivity index (χ0v) is 16.1. The van der Waals surface area contributed by atoms with Crippen LogP contribution in [0.3, 0.4) is 0 Å². The largest absolute Gasteiger partial charge is 0.358 e. The van der Waals surface area contributed by atoms with E-state index in [0.717, 1.165) is 42.7 Å². The highest BCUT2D eigenvalue weighted by Crippen LogP contribution is 2.33. The molecule has 1 aliphatic rings. The fraction of sp³-hybridized carbons (Fsp3) is 0.316. The van der Waals surface area contributed by atoms with Gasteiger partial charge in [-0.3, -0.25) is 0 Å². The summed E-state index contributed by atoms with van der Waals surface area (Å²) in [5.41, 5.74) is 2.23. The first-order chi connectivity index (χ1) is 13.7. The molecule has 0 bridgehead atoms. The number of halogens is 1. The van der Waals surface area contributed by atoms with E-state index in [-0.39, 0.29) is 6.04 Å². The minimum Gasteiger partial charge on any atom is -0.358 e. The lowest BCUT2D eigenvalue weighted by atomic mass is 10.2. The Kier molecular flexibility index (Phi) is 4.20. The lowest BCUT2D eigenvalue weighted by molar-refractivity contribution is 0.784. The normalized spacial score (nSPS) is 15.4. The van der Waals surface area contributed by atoms with Crippen LogP contribution < -0.4 is 10.2 Å². The van der Waals surface area contributed by atoms with Crippen molar-refractivity contribution in [3.05, 3.63) is 41.7 Å². The summed E-state index contributed by atoms with van der Waals surface area (Å²) < 4.78 is 0. The first-order valence-corrected chi connectivity index (χ1v) is 9.70. The number of hydrogen-bond acceptors (Lipinski definition) is 7. The van der Waals surface area contributed by atoms with Gasteiger partial charge in [-0.25, -0.2) is 24.9 Å². The third-order valence-electron chi connectivity index (χ3n) is 5.03. The Morgan fingerprint density at radius 3 is 2.86 bits per heavy atom. The maximum absolute atomic E-state index is 6.50. The summed E-state index contributed by atoms with van der Waals surface area (Å²) in [5, 5.41) is 4.97. The van der Waals surface area contributed by atoms with Crippen molar-refractivity contribution in [3.63, 3.8) is 0 Å². The van der Waals surface area contributed by atoms with Crippen molar-refractivity contribution >= 4 is 45.3 Å². The third-order valence-corrected chi connectivity index (χ3v) is 5.35. The molecule has 1 fully saturated rings. The van der Waals surface area contributed by atoms with Crippen LogP contribution in [0.1, 0.15) is 31.6 Å². The van der Waals surface area contributed by atoms with E-state index in [1.54, 1.807) is 6.33 Å². The summed E-state index contributed by atoms with van der Waals surface area (Å²) in [5.74, 6) is 2.25. The first-order valence-electron chi connectivity index (χ1n) is 9.32. The van der Waals surface area contributed by atoms with E-state index in [4.69, 9.17) is 21.6 Å². The second-order valence-electron chi connectivity index (χ2n) is 6.92. The topological polar surface area (TPSA) is 95.5 Å². The highest BCUT2D eigenvalue weighted by atomic mass is 35.5. The summed E-state index contributed by atoms with van der Waals surface area (Å²) in [6.45, 7) is 3.98. The van der Waals surface area contributed by atoms with E-state index in [0.29, 0.717) is 27.8 Å². The summed E-state index contributed by atoms with van der Waals surface area (Å²) in [4.78, 5) is 27.8. The van der Waals surface area contributed by atoms with Gasteiger partial charge >= 0.3 is 0 Å². The van der Waals surface area contributed by atoms with Crippen LogP contribution in [0.15, 0.2) is 30.9 Å². The lowest BCUT2D eigenvalue weighted by Crippen LogP contribution is -2.22. The van der Waals surface area contributed by atoms with Crippen molar-refractivity contribution in [1.82, 2.24) is 29.9 Å². The van der Waals surface area contributed by atoms with Gasteiger partial charge in [0.1, 0.15) is 17.7 Å². The van der Waals surface area contributed by atoms with Gasteiger partial charge in [-0.1, -0.05) is 17.7 Å². The molecule has 9 heteroatoms. The fourth-order valence-electron chi connectivity index (χ4n) is 3.63. The number of imidazole rings is 1. The Balaban J connectivity index is 1.57. The second kappa shape index (κ2) is 6.87. The number of fused-ring (bicyclic) bond motifs is 2. The van der Waals surface area contributed by atoms with Crippen LogP contribution in [0.2, 0.25) is 5.02 Å². The summed E-state index contributed by atoms with van der Waals surface area (Å²) in [7, 11) is 0. The molecule has 1 atom stereocenters. The van der Waals surface area contributed by atoms with Crippen LogP contribution in [0.4, 0.5) is 11.6 Å². The average molecular weight is 395 g/mol. The fourth-order valence-corrected chi connectivity index (χ4v) is 3.89. The molecule has 1 saturated heterocycles. The van der Waals surface area contributed by atoms with Gasteiger partial charge in [0.15, 0.2) is 17.3 Å². The number of rotatable bonds is 4. The van der Waals surface area contributed by atoms with Crippen molar-refractivity contribution < 1.29 is 0 Å². The Hall–Kier alpha value is -3.00. The van der Waals surface area contributed by atoms with Gasteiger partial charge in [0.2, 0.25) is 0 Å². The number of hydrogen-bond donors (Lipinski definition) is 2. The van der Waals surface area contributed by atoms with Crippen molar-refractivity contribution in [2.24, 2.45) is 0 Å². The highest BCUT2D eigenvalue weighted by Gasteiger charge is 2.22. The van der Waals surface area contributed by atoms with Gasteiger partial charge < -0.3 is 15.2 Å². The Morgan fingerprint density at radius 1 is 1.14 bits per heavy atom. The summed E-state index contributed by atoms with van der Waals surface area (Å²) >= 11 is 6.50. The van der Waals surface area contributed by atoms with Crippen molar-refractivity contribution in [1.29, 1.82) is 0 Å². The van der Waals surface area contributed by atoms with Gasteiger partial charge in [-0.2, -0.15) is 0 Å². The molecular formula is C19H19ClN8. The number of aromatic amines is 1. The molecule has 0 spiro atoms. The summed E-state index contributed by atoms with van der Waals surface area (Å²) in [6, 6.07) is 5.63. The van der Waals surface area contributed by atoms with Crippen molar-refractivity contribution in [2.75, 3.05) is 23.3 Å². The van der Waals surface area contributed by atoms with Crippen LogP contribution in [0.5, 0.6) is 0 Å². The van der Waals surface area contributed by atoms with E-state index in [1.165, 1.54) is 6.33 Å². The lowest BCUT2D eigenvalue weighted by Gasteiger charge is -2.22. The molecule has 142 valence electrons. The molecule has 0 amide bonds. The van der Waals surface area contributed by atoms with E-state index >= 15 is 0 Å². The van der Waals surface area contributed by atoms with E-state index < -0.39 is 0 Å². The Bertz CT molecular complexity index is 1150. The predicted molar refractivity (Wildman–Crippen MR) is 110 cm³/mol. The average Bonchev–Trinajstić information content (AvgIpc) is 3.39. The molecule has 4 aromatic rings. The van der Waals surface area contributed by atoms with Gasteiger partial charge in [-0.15, -0.1) is 0 Å². The molecule has 4 heterocycles. The summed E-state index contributed by atoms with van der Waals surface area (Å²) in [6.07, 6.45) is 5.44. The van der Waals surface area contributed by atoms with Gasteiger partial charge in [-0.05, 0) is 31.9 Å². The third kappa shape index (κ3) is 2.90. The van der Waals surface area contributed by atoms with Gasteiger partial charge in [0, 0.05) is 13.1 Å². The molecule has 8 nitrogen and oxygen atoms in total. The van der Waals surface area contributed by atoms with Crippen LogP contribution in [-0.2, 0) is 0 Å². The molecule has 0 saturated carbocycles. The van der Waals surface area contributed by atoms with Crippen LogP contribution in [0.25, 0.3) is 22.1 Å². The molecular weight excluding hydrogens is 376 g/mol. The maximum atomic E-state index is 6.50. The molecule has 1 aromatic carbocycles. The van der Waals surface area contributed by atoms with Crippen LogP contribution in [0, 0.1) is 0 Å². The van der Waals surface area contributed by atoms with E-state index in [2.05, 4.69) is 30.2 Å². The molecule has 28 heavy (non-hydrogen) atoms. The van der Waals surface area contributed by atoms with Gasteiger partial charge in [0.25, 0.3) is 0 Å². The monoisotopic (exact) mass is 394 g/mol. The van der Waals surface area contributed by atoms with Crippen LogP contribution >= 0.6 is 11.6 Å². The van der Waals surface area contributed by atoms with E-state index in [1.807, 2.05) is 25.1 Å². The minimum atomic E-state index is -0.167. The minimum absolute atomic E-state index is 0.167. The Morgan fingerprint density at radius 2 is 2.00 bits per heavy atom. The van der Waals surface area contributed by atoms with Gasteiger partial charge in [0.05, 0.1) is 28.3 Å². The smallest absolute Gasteiger partial charge is 0.162 e. The number of nitrogens with zero attached hydrogens (tertiary/aromatic N) is 6. The zero-order chi connectivity index (χ0) is 19.1. The van der Waals surface area contributed by atoms with Crippen molar-refractivity contribution in [2.45, 2.75) is 25.8 Å². The number of anilines is 2. The van der Waals surface area contributed by atoms with E-state index in [9.17, 15) is 0 Å². The standard InChI is InChI=1S/C19H19ClN8/c1-11(25-18-15-17(22-9-21-15)23-10-24-18)16-26-13-6-4-5-12(20)14(13)19(27-16)28-7-2-3-8-28/h4-6,9-11H,2-3,7-8H2,1H3,(H2,21,22,23,24,25)/t11-/m0/s1. The van der Waals surface area contributed by atoms with Crippen LogP contribution in [-0.4, -0.2) is 43.0 Å².